The summed E-state index contributed by atoms with van der Waals surface area (Å²) >= 11 is 5.01. The first-order chi connectivity index (χ1) is 6.80. The molecule has 0 aliphatic heterocycles. The highest BCUT2D eigenvalue weighted by Gasteiger charge is 2.34. The summed E-state index contributed by atoms with van der Waals surface area (Å²) in [4.78, 5) is 3.29. The molecule has 0 aliphatic rings. The van der Waals surface area contributed by atoms with E-state index in [1.165, 1.54) is 6.07 Å². The van der Waals surface area contributed by atoms with Gasteiger partial charge < -0.3 is 0 Å². The number of aliphatic imine (C=N–C) groups is 1. The molecule has 0 aromatic heterocycles. The SMILES string of the molecule is Cc1ccc(N=C(Cl)C(F)(F)F)cc1C. The minimum atomic E-state index is -4.58. The van der Waals surface area contributed by atoms with Gasteiger partial charge in [-0.3, -0.25) is 0 Å². The molecule has 1 nitrogen and oxygen atoms in total. The number of alkyl halides is 3. The zero-order valence-corrected chi connectivity index (χ0v) is 8.95. The molecule has 0 fully saturated rings. The minimum Gasteiger partial charge on any atom is -0.232 e. The van der Waals surface area contributed by atoms with Crippen LogP contribution in [0.3, 0.4) is 0 Å². The van der Waals surface area contributed by atoms with Gasteiger partial charge in [-0.2, -0.15) is 13.2 Å². The third kappa shape index (κ3) is 3.23. The van der Waals surface area contributed by atoms with Crippen molar-refractivity contribution in [2.45, 2.75) is 20.0 Å². The highest BCUT2D eigenvalue weighted by atomic mass is 35.5. The molecule has 0 aliphatic carbocycles. The molecule has 1 aromatic rings. The van der Waals surface area contributed by atoms with Crippen LogP contribution in [-0.2, 0) is 0 Å². The average molecular weight is 236 g/mol. The van der Waals surface area contributed by atoms with Crippen molar-refractivity contribution >= 4 is 22.5 Å². The van der Waals surface area contributed by atoms with Crippen molar-refractivity contribution in [2.75, 3.05) is 0 Å². The summed E-state index contributed by atoms with van der Waals surface area (Å²) in [6.07, 6.45) is -4.58. The first kappa shape index (κ1) is 12.0. The molecule has 5 heteroatoms. The van der Waals surface area contributed by atoms with Gasteiger partial charge in [-0.1, -0.05) is 17.7 Å². The van der Waals surface area contributed by atoms with Crippen LogP contribution in [0.1, 0.15) is 11.1 Å². The minimum absolute atomic E-state index is 0.209. The lowest BCUT2D eigenvalue weighted by Gasteiger charge is -2.04. The molecular weight excluding hydrogens is 227 g/mol. The summed E-state index contributed by atoms with van der Waals surface area (Å²) in [5.74, 6) is 0. The molecule has 0 amide bonds. The Hall–Kier alpha value is -1.03. The first-order valence-electron chi connectivity index (χ1n) is 4.19. The summed E-state index contributed by atoms with van der Waals surface area (Å²) in [7, 11) is 0. The zero-order valence-electron chi connectivity index (χ0n) is 8.19. The predicted molar refractivity (Wildman–Crippen MR) is 54.9 cm³/mol. The van der Waals surface area contributed by atoms with Crippen LogP contribution < -0.4 is 0 Å². The second kappa shape index (κ2) is 4.23. The fourth-order valence-corrected chi connectivity index (χ4v) is 1.07. The Kier molecular flexibility index (Phi) is 3.39. The van der Waals surface area contributed by atoms with Gasteiger partial charge in [0.15, 0.2) is 0 Å². The van der Waals surface area contributed by atoms with E-state index in [2.05, 4.69) is 4.99 Å². The van der Waals surface area contributed by atoms with Crippen LogP contribution in [0, 0.1) is 13.8 Å². The molecule has 0 radical (unpaired) electrons. The molecule has 0 atom stereocenters. The molecule has 1 aromatic carbocycles. The molecule has 0 saturated carbocycles. The van der Waals surface area contributed by atoms with Crippen molar-refractivity contribution in [3.05, 3.63) is 29.3 Å². The molecule has 1 rings (SSSR count). The van der Waals surface area contributed by atoms with Crippen molar-refractivity contribution < 1.29 is 13.2 Å². The summed E-state index contributed by atoms with van der Waals surface area (Å²) in [6.45, 7) is 3.67. The van der Waals surface area contributed by atoms with Gasteiger partial charge in [0, 0.05) is 0 Å². The lowest BCUT2D eigenvalue weighted by molar-refractivity contribution is -0.0558. The maximum Gasteiger partial charge on any atom is 0.444 e. The molecule has 0 saturated heterocycles. The van der Waals surface area contributed by atoms with Crippen LogP contribution in [0.4, 0.5) is 18.9 Å². The van der Waals surface area contributed by atoms with Crippen LogP contribution in [0.15, 0.2) is 23.2 Å². The molecule has 0 spiro atoms. The van der Waals surface area contributed by atoms with Crippen LogP contribution in [-0.4, -0.2) is 11.3 Å². The Bertz CT molecular complexity index is 396. The average Bonchev–Trinajstić information content (AvgIpc) is 2.10. The van der Waals surface area contributed by atoms with Crippen molar-refractivity contribution in [1.29, 1.82) is 0 Å². The largest absolute Gasteiger partial charge is 0.444 e. The first-order valence-corrected chi connectivity index (χ1v) is 4.57. The summed E-state index contributed by atoms with van der Waals surface area (Å²) in [6, 6.07) is 4.76. The van der Waals surface area contributed by atoms with Crippen molar-refractivity contribution in [3.8, 4) is 0 Å². The van der Waals surface area contributed by atoms with E-state index in [0.717, 1.165) is 11.1 Å². The van der Waals surface area contributed by atoms with E-state index in [0.29, 0.717) is 0 Å². The second-order valence-electron chi connectivity index (χ2n) is 3.17. The van der Waals surface area contributed by atoms with Crippen molar-refractivity contribution in [1.82, 2.24) is 0 Å². The lowest BCUT2D eigenvalue weighted by Crippen LogP contribution is -2.16. The van der Waals surface area contributed by atoms with Gasteiger partial charge in [-0.15, -0.1) is 0 Å². The second-order valence-corrected chi connectivity index (χ2v) is 3.53. The van der Waals surface area contributed by atoms with E-state index < -0.39 is 11.3 Å². The van der Waals surface area contributed by atoms with Gasteiger partial charge in [0.05, 0.1) is 5.69 Å². The van der Waals surface area contributed by atoms with Crippen molar-refractivity contribution in [3.63, 3.8) is 0 Å². The summed E-state index contributed by atoms with van der Waals surface area (Å²) < 4.78 is 36.2. The summed E-state index contributed by atoms with van der Waals surface area (Å²) in [5, 5.41) is -1.36. The van der Waals surface area contributed by atoms with E-state index in [9.17, 15) is 13.2 Å². The van der Waals surface area contributed by atoms with E-state index >= 15 is 0 Å². The quantitative estimate of drug-likeness (QED) is 0.649. The van der Waals surface area contributed by atoms with Gasteiger partial charge in [0.1, 0.15) is 0 Å². The lowest BCUT2D eigenvalue weighted by atomic mass is 10.1. The van der Waals surface area contributed by atoms with Crippen LogP contribution in [0.5, 0.6) is 0 Å². The maximum absolute atomic E-state index is 12.1. The number of rotatable bonds is 1. The number of benzene rings is 1. The monoisotopic (exact) mass is 235 g/mol. The standard InChI is InChI=1S/C10H9ClF3N/c1-6-3-4-8(5-7(6)2)15-9(11)10(12,13)14/h3-5H,1-2H3. The highest BCUT2D eigenvalue weighted by Crippen LogP contribution is 2.24. The topological polar surface area (TPSA) is 12.4 Å². The third-order valence-corrected chi connectivity index (χ3v) is 2.25. The molecule has 0 N–H and O–H groups in total. The van der Waals surface area contributed by atoms with E-state index in [1.807, 2.05) is 6.92 Å². The van der Waals surface area contributed by atoms with Gasteiger partial charge in [0.25, 0.3) is 0 Å². The Morgan fingerprint density at radius 3 is 2.27 bits per heavy atom. The van der Waals surface area contributed by atoms with Gasteiger partial charge in [-0.25, -0.2) is 4.99 Å². The predicted octanol–water partition coefficient (Wildman–Crippen LogP) is 4.13. The fourth-order valence-electron chi connectivity index (χ4n) is 0.972. The smallest absolute Gasteiger partial charge is 0.232 e. The van der Waals surface area contributed by atoms with Crippen LogP contribution in [0.25, 0.3) is 0 Å². The normalized spacial score (nSPS) is 13.1. The molecule has 0 unspecified atom stereocenters. The van der Waals surface area contributed by atoms with Gasteiger partial charge >= 0.3 is 6.18 Å². The fraction of sp³-hybridized carbons (Fsp3) is 0.300. The van der Waals surface area contributed by atoms with Gasteiger partial charge in [-0.05, 0) is 37.1 Å². The number of nitrogens with zero attached hydrogens (tertiary/aromatic N) is 1. The zero-order chi connectivity index (χ0) is 11.6. The highest BCUT2D eigenvalue weighted by molar-refractivity contribution is 6.67. The molecule has 15 heavy (non-hydrogen) atoms. The third-order valence-electron chi connectivity index (χ3n) is 1.95. The number of hydrogen-bond donors (Lipinski definition) is 0. The molecule has 0 bridgehead atoms. The Balaban J connectivity index is 3.04. The van der Waals surface area contributed by atoms with Crippen molar-refractivity contribution in [2.24, 2.45) is 4.99 Å². The number of hydrogen-bond acceptors (Lipinski definition) is 1. The number of aryl methyl sites for hydroxylation is 2. The van der Waals surface area contributed by atoms with E-state index in [-0.39, 0.29) is 5.69 Å². The molecular formula is C10H9ClF3N. The van der Waals surface area contributed by atoms with E-state index in [4.69, 9.17) is 11.6 Å². The van der Waals surface area contributed by atoms with Gasteiger partial charge in [0.2, 0.25) is 5.17 Å². The molecule has 82 valence electrons. The maximum atomic E-state index is 12.1. The number of halogens is 4. The Labute approximate surface area is 90.6 Å². The Morgan fingerprint density at radius 1 is 1.20 bits per heavy atom. The van der Waals surface area contributed by atoms with Crippen LogP contribution >= 0.6 is 11.6 Å². The molecule has 0 heterocycles. The summed E-state index contributed by atoms with van der Waals surface area (Å²) in [5.41, 5.74) is 2.08. The van der Waals surface area contributed by atoms with Crippen LogP contribution in [0.2, 0.25) is 0 Å². The van der Waals surface area contributed by atoms with E-state index in [1.54, 1.807) is 19.1 Å². The Morgan fingerprint density at radius 2 is 1.80 bits per heavy atom.